The van der Waals surface area contributed by atoms with Gasteiger partial charge in [0, 0.05) is 11.6 Å². The zero-order chi connectivity index (χ0) is 17.8. The van der Waals surface area contributed by atoms with Gasteiger partial charge in [0.1, 0.15) is 0 Å². The van der Waals surface area contributed by atoms with E-state index in [0.717, 1.165) is 17.4 Å². The Balaban J connectivity index is 1.59. The average molecular weight is 363 g/mol. The molecule has 0 heterocycles. The lowest BCUT2D eigenvalue weighted by atomic mass is 9.96. The van der Waals surface area contributed by atoms with E-state index < -0.39 is 0 Å². The number of nitrogens with zero attached hydrogens (tertiary/aromatic N) is 1. The van der Waals surface area contributed by atoms with Gasteiger partial charge in [0.25, 0.3) is 0 Å². The van der Waals surface area contributed by atoms with Gasteiger partial charge in [-0.15, -0.1) is 0 Å². The van der Waals surface area contributed by atoms with Crippen LogP contribution in [0.3, 0.4) is 0 Å². The first kappa shape index (κ1) is 17.8. The molecule has 0 aromatic heterocycles. The number of benzene rings is 1. The molecule has 6 nitrogen and oxygen atoms in total. The first-order chi connectivity index (χ1) is 12.1. The van der Waals surface area contributed by atoms with Gasteiger partial charge in [-0.3, -0.25) is 5.43 Å². The quantitative estimate of drug-likeness (QED) is 0.460. The topological polar surface area (TPSA) is 64.1 Å². The first-order valence-electron chi connectivity index (χ1n) is 8.54. The molecule has 0 amide bonds. The van der Waals surface area contributed by atoms with Crippen molar-refractivity contribution in [2.24, 2.45) is 16.9 Å². The van der Waals surface area contributed by atoms with E-state index in [1.807, 2.05) is 12.1 Å². The van der Waals surface area contributed by atoms with Crippen LogP contribution in [0.1, 0.15) is 31.2 Å². The van der Waals surface area contributed by atoms with Crippen molar-refractivity contribution in [3.05, 3.63) is 17.7 Å². The number of hydrogen-bond donors (Lipinski definition) is 2. The summed E-state index contributed by atoms with van der Waals surface area (Å²) < 4.78 is 16.0. The summed E-state index contributed by atoms with van der Waals surface area (Å²) in [5, 5.41) is 8.19. The number of thiocarbonyl (C=S) groups is 1. The Morgan fingerprint density at radius 2 is 1.84 bits per heavy atom. The van der Waals surface area contributed by atoms with E-state index in [-0.39, 0.29) is 0 Å². The Bertz CT molecular complexity index is 640. The Labute approximate surface area is 153 Å². The summed E-state index contributed by atoms with van der Waals surface area (Å²) >= 11 is 5.35. The van der Waals surface area contributed by atoms with Crippen LogP contribution in [-0.4, -0.2) is 38.7 Å². The third-order valence-corrected chi connectivity index (χ3v) is 5.33. The Morgan fingerprint density at radius 3 is 2.36 bits per heavy atom. The molecule has 1 aromatic rings. The maximum atomic E-state index is 5.35. The van der Waals surface area contributed by atoms with E-state index in [0.29, 0.717) is 28.4 Å². The number of ether oxygens (including phenoxy) is 3. The molecule has 1 aromatic carbocycles. The second-order valence-corrected chi connectivity index (χ2v) is 6.99. The van der Waals surface area contributed by atoms with Crippen molar-refractivity contribution in [3.63, 3.8) is 0 Å². The van der Waals surface area contributed by atoms with Crippen molar-refractivity contribution in [2.75, 3.05) is 21.3 Å². The molecule has 25 heavy (non-hydrogen) atoms. The largest absolute Gasteiger partial charge is 0.493 e. The second kappa shape index (κ2) is 7.91. The van der Waals surface area contributed by atoms with Crippen molar-refractivity contribution in [2.45, 2.75) is 31.7 Å². The summed E-state index contributed by atoms with van der Waals surface area (Å²) in [4.78, 5) is 0. The van der Waals surface area contributed by atoms with E-state index >= 15 is 0 Å². The fourth-order valence-electron chi connectivity index (χ4n) is 3.96. The van der Waals surface area contributed by atoms with Gasteiger partial charge in [0.15, 0.2) is 16.6 Å². The second-order valence-electron chi connectivity index (χ2n) is 6.58. The molecule has 3 unspecified atom stereocenters. The van der Waals surface area contributed by atoms with Gasteiger partial charge >= 0.3 is 0 Å². The SMILES string of the molecule is COc1cc(C=NNC(=S)NC2CC3CCC2C3)cc(OC)c1OC. The predicted molar refractivity (Wildman–Crippen MR) is 102 cm³/mol. The van der Waals surface area contributed by atoms with Crippen LogP contribution in [0.4, 0.5) is 0 Å². The highest BCUT2D eigenvalue weighted by Crippen LogP contribution is 2.44. The molecule has 2 bridgehead atoms. The summed E-state index contributed by atoms with van der Waals surface area (Å²) in [6, 6.07) is 4.16. The van der Waals surface area contributed by atoms with Crippen LogP contribution in [0.15, 0.2) is 17.2 Å². The molecule has 2 aliphatic carbocycles. The van der Waals surface area contributed by atoms with Gasteiger partial charge in [0.2, 0.25) is 5.75 Å². The highest BCUT2D eigenvalue weighted by Gasteiger charge is 2.39. The van der Waals surface area contributed by atoms with E-state index in [2.05, 4.69) is 15.8 Å². The molecule has 2 N–H and O–H groups in total. The van der Waals surface area contributed by atoms with Crippen molar-refractivity contribution in [1.82, 2.24) is 10.7 Å². The lowest BCUT2D eigenvalue weighted by Gasteiger charge is -2.23. The molecule has 2 aliphatic rings. The van der Waals surface area contributed by atoms with Crippen molar-refractivity contribution in [3.8, 4) is 17.2 Å². The molecule has 136 valence electrons. The minimum absolute atomic E-state index is 0.495. The lowest BCUT2D eigenvalue weighted by Crippen LogP contribution is -2.42. The number of fused-ring (bicyclic) bond motifs is 2. The Morgan fingerprint density at radius 1 is 1.12 bits per heavy atom. The van der Waals surface area contributed by atoms with Crippen molar-refractivity contribution < 1.29 is 14.2 Å². The Hall–Kier alpha value is -2.02. The number of hydrazone groups is 1. The molecular weight excluding hydrogens is 338 g/mol. The average Bonchev–Trinajstić information content (AvgIpc) is 3.23. The van der Waals surface area contributed by atoms with E-state index in [9.17, 15) is 0 Å². The minimum atomic E-state index is 0.495. The monoisotopic (exact) mass is 363 g/mol. The zero-order valence-electron chi connectivity index (χ0n) is 14.9. The normalized spacial score (nSPS) is 24.4. The molecule has 3 atom stereocenters. The summed E-state index contributed by atoms with van der Waals surface area (Å²) in [6.45, 7) is 0. The summed E-state index contributed by atoms with van der Waals surface area (Å²) in [5.41, 5.74) is 3.72. The molecule has 7 heteroatoms. The van der Waals surface area contributed by atoms with Gasteiger partial charge in [-0.1, -0.05) is 6.42 Å². The van der Waals surface area contributed by atoms with Crippen molar-refractivity contribution >= 4 is 23.5 Å². The van der Waals surface area contributed by atoms with Crippen molar-refractivity contribution in [1.29, 1.82) is 0 Å². The summed E-state index contributed by atoms with van der Waals surface area (Å²) in [5.74, 6) is 3.39. The van der Waals surface area contributed by atoms with Crippen LogP contribution < -0.4 is 25.0 Å². The molecule has 0 aliphatic heterocycles. The zero-order valence-corrected chi connectivity index (χ0v) is 15.7. The number of nitrogens with one attached hydrogen (secondary N) is 2. The van der Waals surface area contributed by atoms with Gasteiger partial charge in [-0.05, 0) is 55.4 Å². The van der Waals surface area contributed by atoms with Crippen LogP contribution >= 0.6 is 12.2 Å². The number of methoxy groups -OCH3 is 3. The molecule has 3 rings (SSSR count). The van der Waals surface area contributed by atoms with Crippen LogP contribution in [0.5, 0.6) is 17.2 Å². The number of hydrogen-bond acceptors (Lipinski definition) is 5. The molecule has 2 saturated carbocycles. The molecule has 0 saturated heterocycles. The molecular formula is C18H25N3O3S. The fourth-order valence-corrected chi connectivity index (χ4v) is 4.17. The third-order valence-electron chi connectivity index (χ3n) is 5.12. The summed E-state index contributed by atoms with van der Waals surface area (Å²) in [7, 11) is 4.76. The Kier molecular flexibility index (Phi) is 5.63. The fraction of sp³-hybridized carbons (Fsp3) is 0.556. The van der Waals surface area contributed by atoms with Crippen LogP contribution in [-0.2, 0) is 0 Å². The van der Waals surface area contributed by atoms with Gasteiger partial charge in [-0.2, -0.15) is 5.10 Å². The van der Waals surface area contributed by atoms with E-state index in [1.54, 1.807) is 27.5 Å². The highest BCUT2D eigenvalue weighted by molar-refractivity contribution is 7.80. The summed E-state index contributed by atoms with van der Waals surface area (Å²) in [6.07, 6.45) is 6.94. The third kappa shape index (κ3) is 3.98. The van der Waals surface area contributed by atoms with Crippen LogP contribution in [0.25, 0.3) is 0 Å². The standard InChI is InChI=1S/C18H25N3O3S/c1-22-15-8-12(9-16(23-2)17(15)24-3)10-19-21-18(25)20-14-7-11-4-5-13(14)6-11/h8-11,13-14H,4-7H2,1-3H3,(H2,20,21,25). The maximum Gasteiger partial charge on any atom is 0.203 e. The molecule has 0 spiro atoms. The highest BCUT2D eigenvalue weighted by atomic mass is 32.1. The van der Waals surface area contributed by atoms with Crippen LogP contribution in [0.2, 0.25) is 0 Å². The number of rotatable bonds is 6. The first-order valence-corrected chi connectivity index (χ1v) is 8.95. The van der Waals surface area contributed by atoms with Crippen LogP contribution in [0, 0.1) is 11.8 Å². The van der Waals surface area contributed by atoms with Gasteiger partial charge in [-0.25, -0.2) is 0 Å². The van der Waals surface area contributed by atoms with E-state index in [4.69, 9.17) is 26.4 Å². The van der Waals surface area contributed by atoms with Gasteiger partial charge in [0.05, 0.1) is 27.5 Å². The van der Waals surface area contributed by atoms with Gasteiger partial charge < -0.3 is 19.5 Å². The minimum Gasteiger partial charge on any atom is -0.493 e. The molecule has 2 fully saturated rings. The van der Waals surface area contributed by atoms with E-state index in [1.165, 1.54) is 25.7 Å². The lowest BCUT2D eigenvalue weighted by molar-refractivity contribution is 0.324. The maximum absolute atomic E-state index is 5.35. The molecule has 0 radical (unpaired) electrons. The smallest absolute Gasteiger partial charge is 0.203 e. The predicted octanol–water partition coefficient (Wildman–Crippen LogP) is 2.70.